The first-order chi connectivity index (χ1) is 14.4. The first-order valence-corrected chi connectivity index (χ1v) is 10.4. The molecule has 1 aromatic carbocycles. The smallest absolute Gasteiger partial charge is 0.286 e. The van der Waals surface area contributed by atoms with Crippen LogP contribution in [-0.4, -0.2) is 61.8 Å². The van der Waals surface area contributed by atoms with Crippen molar-refractivity contribution in [2.24, 2.45) is 12.0 Å². The maximum absolute atomic E-state index is 12.3. The maximum atomic E-state index is 12.3. The van der Waals surface area contributed by atoms with Crippen LogP contribution < -0.4 is 0 Å². The molecule has 0 atom stereocenters. The van der Waals surface area contributed by atoms with E-state index in [1.54, 1.807) is 18.2 Å². The Morgan fingerprint density at radius 3 is 2.70 bits per heavy atom. The van der Waals surface area contributed by atoms with Crippen molar-refractivity contribution in [1.82, 2.24) is 19.6 Å². The van der Waals surface area contributed by atoms with Crippen molar-refractivity contribution in [1.29, 1.82) is 0 Å². The monoisotopic (exact) mass is 426 g/mol. The molecule has 1 aromatic heterocycles. The van der Waals surface area contributed by atoms with Gasteiger partial charge in [0.25, 0.3) is 11.6 Å². The molecular weight excluding hydrogens is 404 g/mol. The number of aromatic nitrogens is 2. The Morgan fingerprint density at radius 1 is 1.27 bits per heavy atom. The number of piperazine rings is 1. The summed E-state index contributed by atoms with van der Waals surface area (Å²) in [6.45, 7) is 6.24. The van der Waals surface area contributed by atoms with Crippen LogP contribution >= 0.6 is 11.8 Å². The van der Waals surface area contributed by atoms with E-state index >= 15 is 0 Å². The fourth-order valence-corrected chi connectivity index (χ4v) is 4.52. The van der Waals surface area contributed by atoms with Crippen molar-refractivity contribution in [2.45, 2.75) is 13.5 Å². The number of benzene rings is 1. The molecule has 1 fully saturated rings. The Kier molecular flexibility index (Phi) is 5.69. The number of carbonyl (C=O) groups excluding carboxylic acids is 1. The lowest BCUT2D eigenvalue weighted by Gasteiger charge is -2.35. The summed E-state index contributed by atoms with van der Waals surface area (Å²) in [5.41, 5.74) is 2.90. The number of aryl methyl sites for hydroxylation is 2. The van der Waals surface area contributed by atoms with E-state index in [0.717, 1.165) is 38.4 Å². The minimum atomic E-state index is -0.444. The molecule has 0 radical (unpaired) electrons. The van der Waals surface area contributed by atoms with Gasteiger partial charge in [0.15, 0.2) is 5.17 Å². The Balaban J connectivity index is 1.37. The van der Waals surface area contributed by atoms with Crippen LogP contribution in [-0.2, 0) is 18.4 Å². The molecule has 0 N–H and O–H groups in total. The molecule has 2 aliphatic rings. The number of nitrogens with zero attached hydrogens (tertiary/aromatic N) is 6. The largest absolute Gasteiger partial charge is 0.348 e. The SMILES string of the molecule is Cc1nn(C)cc1CN1CCN(C2=NC(=O)/C(=C/c3cccc([N+](=O)[O-])c3)S2)CC1. The number of hydrogen-bond donors (Lipinski definition) is 0. The lowest BCUT2D eigenvalue weighted by molar-refractivity contribution is -0.384. The summed E-state index contributed by atoms with van der Waals surface area (Å²) in [7, 11) is 1.93. The van der Waals surface area contributed by atoms with Crippen molar-refractivity contribution in [3.05, 3.63) is 62.3 Å². The average Bonchev–Trinajstić information content (AvgIpc) is 3.23. The van der Waals surface area contributed by atoms with Gasteiger partial charge in [0.1, 0.15) is 0 Å². The zero-order valence-electron chi connectivity index (χ0n) is 16.8. The van der Waals surface area contributed by atoms with Crippen LogP contribution in [0.1, 0.15) is 16.8 Å². The van der Waals surface area contributed by atoms with Gasteiger partial charge in [-0.15, -0.1) is 0 Å². The molecule has 3 heterocycles. The number of hydrogen-bond acceptors (Lipinski definition) is 7. The van der Waals surface area contributed by atoms with Gasteiger partial charge in [-0.25, -0.2) is 0 Å². The van der Waals surface area contributed by atoms with Gasteiger partial charge >= 0.3 is 0 Å². The number of rotatable bonds is 4. The molecular formula is C20H22N6O3S. The van der Waals surface area contributed by atoms with E-state index in [1.165, 1.54) is 29.5 Å². The van der Waals surface area contributed by atoms with Crippen LogP contribution in [0.2, 0.25) is 0 Å². The third kappa shape index (κ3) is 4.44. The zero-order chi connectivity index (χ0) is 21.3. The summed E-state index contributed by atoms with van der Waals surface area (Å²) in [5, 5.41) is 16.0. The molecule has 30 heavy (non-hydrogen) atoms. The lowest BCUT2D eigenvalue weighted by atomic mass is 10.2. The number of nitro groups is 1. The van der Waals surface area contributed by atoms with E-state index < -0.39 is 4.92 Å². The van der Waals surface area contributed by atoms with Gasteiger partial charge in [-0.05, 0) is 30.3 Å². The van der Waals surface area contributed by atoms with Crippen molar-refractivity contribution < 1.29 is 9.72 Å². The molecule has 156 valence electrons. The molecule has 2 aromatic rings. The summed E-state index contributed by atoms with van der Waals surface area (Å²) in [5.74, 6) is -0.296. The second kappa shape index (κ2) is 8.41. The molecule has 9 nitrogen and oxygen atoms in total. The number of non-ortho nitro benzene ring substituents is 1. The van der Waals surface area contributed by atoms with Crippen molar-refractivity contribution in [2.75, 3.05) is 26.2 Å². The summed E-state index contributed by atoms with van der Waals surface area (Å²) < 4.78 is 1.84. The molecule has 0 unspecified atom stereocenters. The molecule has 0 aliphatic carbocycles. The fourth-order valence-electron chi connectivity index (χ4n) is 3.55. The van der Waals surface area contributed by atoms with E-state index in [0.29, 0.717) is 15.6 Å². The van der Waals surface area contributed by atoms with E-state index in [9.17, 15) is 14.9 Å². The Hall–Kier alpha value is -2.98. The average molecular weight is 427 g/mol. The highest BCUT2D eigenvalue weighted by Crippen LogP contribution is 2.31. The van der Waals surface area contributed by atoms with Crippen LogP contribution in [0.3, 0.4) is 0 Å². The van der Waals surface area contributed by atoms with Crippen molar-refractivity contribution in [3.8, 4) is 0 Å². The number of aliphatic imine (C=N–C) groups is 1. The highest BCUT2D eigenvalue weighted by Gasteiger charge is 2.28. The van der Waals surface area contributed by atoms with E-state index in [2.05, 4.69) is 26.1 Å². The molecule has 0 saturated carbocycles. The molecule has 1 amide bonds. The maximum Gasteiger partial charge on any atom is 0.286 e. The summed E-state index contributed by atoms with van der Waals surface area (Å²) in [6.07, 6.45) is 3.72. The molecule has 1 saturated heterocycles. The Labute approximate surface area is 178 Å². The predicted molar refractivity (Wildman–Crippen MR) is 116 cm³/mol. The second-order valence-electron chi connectivity index (χ2n) is 7.34. The van der Waals surface area contributed by atoms with E-state index in [-0.39, 0.29) is 11.6 Å². The summed E-state index contributed by atoms with van der Waals surface area (Å²) in [6, 6.07) is 6.24. The molecule has 0 bridgehead atoms. The van der Waals surface area contributed by atoms with Crippen molar-refractivity contribution in [3.63, 3.8) is 0 Å². The third-order valence-corrected chi connectivity index (χ3v) is 6.18. The molecule has 0 spiro atoms. The highest BCUT2D eigenvalue weighted by molar-refractivity contribution is 8.18. The number of amidine groups is 1. The Bertz CT molecular complexity index is 1050. The van der Waals surface area contributed by atoms with Crippen LogP contribution in [0.5, 0.6) is 0 Å². The van der Waals surface area contributed by atoms with E-state index in [4.69, 9.17) is 0 Å². The van der Waals surface area contributed by atoms with Crippen LogP contribution in [0.15, 0.2) is 40.4 Å². The normalized spacial score (nSPS) is 18.9. The Morgan fingerprint density at radius 2 is 2.03 bits per heavy atom. The first kappa shape index (κ1) is 20.3. The van der Waals surface area contributed by atoms with Crippen LogP contribution in [0.25, 0.3) is 6.08 Å². The summed E-state index contributed by atoms with van der Waals surface area (Å²) in [4.78, 5) is 32.0. The molecule has 10 heteroatoms. The molecule has 4 rings (SSSR count). The minimum Gasteiger partial charge on any atom is -0.348 e. The van der Waals surface area contributed by atoms with Crippen LogP contribution in [0.4, 0.5) is 5.69 Å². The number of nitro benzene ring substituents is 1. The lowest BCUT2D eigenvalue weighted by Crippen LogP contribution is -2.47. The standard InChI is InChI=1S/C20H22N6O3S/c1-14-16(12-23(2)22-14)13-24-6-8-25(9-7-24)20-21-19(27)18(30-20)11-15-4-3-5-17(10-15)26(28)29/h3-5,10-12H,6-9,13H2,1-2H3/b18-11-. The van der Waals surface area contributed by atoms with Gasteiger partial charge < -0.3 is 4.90 Å². The number of thioether (sulfide) groups is 1. The first-order valence-electron chi connectivity index (χ1n) is 9.62. The highest BCUT2D eigenvalue weighted by atomic mass is 32.2. The zero-order valence-corrected chi connectivity index (χ0v) is 17.6. The second-order valence-corrected chi connectivity index (χ2v) is 8.35. The topological polar surface area (TPSA) is 96.9 Å². The van der Waals surface area contributed by atoms with Crippen molar-refractivity contribution >= 4 is 34.6 Å². The van der Waals surface area contributed by atoms with Gasteiger partial charge in [-0.2, -0.15) is 10.1 Å². The predicted octanol–water partition coefficient (Wildman–Crippen LogP) is 2.42. The number of carbonyl (C=O) groups is 1. The summed E-state index contributed by atoms with van der Waals surface area (Å²) >= 11 is 1.33. The fraction of sp³-hybridized carbons (Fsp3) is 0.350. The van der Waals surface area contributed by atoms with Gasteiger partial charge in [-0.3, -0.25) is 24.5 Å². The van der Waals surface area contributed by atoms with Gasteiger partial charge in [-0.1, -0.05) is 12.1 Å². The number of amides is 1. The third-order valence-electron chi connectivity index (χ3n) is 5.14. The minimum absolute atomic E-state index is 0.000845. The van der Waals surface area contributed by atoms with Gasteiger partial charge in [0.2, 0.25) is 0 Å². The quantitative estimate of drug-likeness (QED) is 0.421. The molecule has 2 aliphatic heterocycles. The van der Waals surface area contributed by atoms with Gasteiger partial charge in [0, 0.05) is 63.7 Å². The van der Waals surface area contributed by atoms with Crippen LogP contribution in [0, 0.1) is 17.0 Å². The van der Waals surface area contributed by atoms with Gasteiger partial charge in [0.05, 0.1) is 15.5 Å². The van der Waals surface area contributed by atoms with E-state index in [1.807, 2.05) is 18.7 Å².